The van der Waals surface area contributed by atoms with Crippen LogP contribution in [0.25, 0.3) is 0 Å². The Morgan fingerprint density at radius 1 is 1.24 bits per heavy atom. The highest BCUT2D eigenvalue weighted by molar-refractivity contribution is 5.30. The zero-order valence-corrected chi connectivity index (χ0v) is 10.4. The molecular formula is C13H18F3N. The molecule has 0 aliphatic rings. The summed E-state index contributed by atoms with van der Waals surface area (Å²) in [6, 6.07) is 5.43. The molecule has 0 aliphatic heterocycles. The summed E-state index contributed by atoms with van der Waals surface area (Å²) in [5.74, 6) is 0. The van der Waals surface area contributed by atoms with E-state index < -0.39 is 18.6 Å². The van der Waals surface area contributed by atoms with E-state index in [1.165, 1.54) is 0 Å². The summed E-state index contributed by atoms with van der Waals surface area (Å²) >= 11 is 0. The van der Waals surface area contributed by atoms with E-state index in [4.69, 9.17) is 0 Å². The van der Waals surface area contributed by atoms with Crippen LogP contribution in [-0.4, -0.2) is 12.2 Å². The third-order valence-electron chi connectivity index (χ3n) is 2.68. The number of benzene rings is 1. The van der Waals surface area contributed by atoms with E-state index in [0.29, 0.717) is 6.54 Å². The standard InChI is InChI=1S/C13H18F3N/c1-9-4-5-10(2)12(6-9)8-17-11(3)7-13(14,15)16/h4-6,11,17H,7-8H2,1-3H3. The lowest BCUT2D eigenvalue weighted by atomic mass is 10.1. The molecule has 17 heavy (non-hydrogen) atoms. The molecule has 4 heteroatoms. The summed E-state index contributed by atoms with van der Waals surface area (Å²) in [5.41, 5.74) is 3.28. The van der Waals surface area contributed by atoms with Crippen LogP contribution in [0.2, 0.25) is 0 Å². The zero-order chi connectivity index (χ0) is 13.1. The molecule has 1 rings (SSSR count). The van der Waals surface area contributed by atoms with Crippen molar-refractivity contribution in [3.05, 3.63) is 34.9 Å². The molecule has 0 saturated carbocycles. The maximum Gasteiger partial charge on any atom is 0.390 e. The maximum absolute atomic E-state index is 12.1. The van der Waals surface area contributed by atoms with Gasteiger partial charge in [-0.2, -0.15) is 13.2 Å². The van der Waals surface area contributed by atoms with Crippen molar-refractivity contribution >= 4 is 0 Å². The molecule has 0 heterocycles. The molecular weight excluding hydrogens is 227 g/mol. The topological polar surface area (TPSA) is 12.0 Å². The van der Waals surface area contributed by atoms with Crippen LogP contribution in [0.3, 0.4) is 0 Å². The first-order chi connectivity index (χ1) is 7.78. The minimum atomic E-state index is -4.10. The van der Waals surface area contributed by atoms with E-state index in [1.54, 1.807) is 6.92 Å². The Bertz CT molecular complexity index is 371. The van der Waals surface area contributed by atoms with Crippen LogP contribution in [0.5, 0.6) is 0 Å². The second-order valence-electron chi connectivity index (χ2n) is 4.53. The van der Waals surface area contributed by atoms with E-state index >= 15 is 0 Å². The average Bonchev–Trinajstić information content (AvgIpc) is 2.17. The van der Waals surface area contributed by atoms with Gasteiger partial charge in [0.1, 0.15) is 0 Å². The molecule has 0 aromatic heterocycles. The van der Waals surface area contributed by atoms with Crippen LogP contribution in [0, 0.1) is 13.8 Å². The molecule has 0 amide bonds. The third-order valence-corrected chi connectivity index (χ3v) is 2.68. The number of halogens is 3. The summed E-state index contributed by atoms with van der Waals surface area (Å²) in [5, 5.41) is 2.90. The summed E-state index contributed by atoms with van der Waals surface area (Å²) in [6.45, 7) is 5.97. The van der Waals surface area contributed by atoms with Crippen molar-refractivity contribution in [2.45, 2.75) is 46.0 Å². The first-order valence-corrected chi connectivity index (χ1v) is 5.64. The number of hydrogen-bond acceptors (Lipinski definition) is 1. The fourth-order valence-corrected chi connectivity index (χ4v) is 1.69. The van der Waals surface area contributed by atoms with Crippen molar-refractivity contribution < 1.29 is 13.2 Å². The van der Waals surface area contributed by atoms with Gasteiger partial charge in [0, 0.05) is 12.6 Å². The zero-order valence-electron chi connectivity index (χ0n) is 10.4. The Balaban J connectivity index is 2.53. The van der Waals surface area contributed by atoms with Gasteiger partial charge in [0.15, 0.2) is 0 Å². The van der Waals surface area contributed by atoms with E-state index in [-0.39, 0.29) is 0 Å². The van der Waals surface area contributed by atoms with Gasteiger partial charge in [0.2, 0.25) is 0 Å². The molecule has 1 unspecified atom stereocenters. The van der Waals surface area contributed by atoms with Crippen LogP contribution in [0.1, 0.15) is 30.0 Å². The number of nitrogens with one attached hydrogen (secondary N) is 1. The lowest BCUT2D eigenvalue weighted by molar-refractivity contribution is -0.139. The van der Waals surface area contributed by atoms with Gasteiger partial charge in [-0.25, -0.2) is 0 Å². The highest BCUT2D eigenvalue weighted by Crippen LogP contribution is 2.21. The molecule has 1 aromatic carbocycles. The molecule has 0 fully saturated rings. The largest absolute Gasteiger partial charge is 0.390 e. The number of hydrogen-bond donors (Lipinski definition) is 1. The molecule has 1 atom stereocenters. The molecule has 0 bridgehead atoms. The van der Waals surface area contributed by atoms with Crippen molar-refractivity contribution in [2.75, 3.05) is 0 Å². The normalized spacial score (nSPS) is 13.8. The highest BCUT2D eigenvalue weighted by Gasteiger charge is 2.29. The van der Waals surface area contributed by atoms with Crippen LogP contribution in [0.4, 0.5) is 13.2 Å². The molecule has 1 N–H and O–H groups in total. The van der Waals surface area contributed by atoms with Crippen molar-refractivity contribution in [3.63, 3.8) is 0 Å². The van der Waals surface area contributed by atoms with Crippen LogP contribution in [-0.2, 0) is 6.54 Å². The lowest BCUT2D eigenvalue weighted by Gasteiger charge is -2.16. The first-order valence-electron chi connectivity index (χ1n) is 5.64. The molecule has 0 saturated heterocycles. The van der Waals surface area contributed by atoms with Gasteiger partial charge in [-0.3, -0.25) is 0 Å². The minimum Gasteiger partial charge on any atom is -0.310 e. The van der Waals surface area contributed by atoms with Crippen molar-refractivity contribution in [1.29, 1.82) is 0 Å². The molecule has 1 nitrogen and oxygen atoms in total. The number of rotatable bonds is 4. The molecule has 0 radical (unpaired) electrons. The Morgan fingerprint density at radius 2 is 1.88 bits per heavy atom. The molecule has 0 spiro atoms. The van der Waals surface area contributed by atoms with E-state index in [2.05, 4.69) is 5.32 Å². The fourth-order valence-electron chi connectivity index (χ4n) is 1.69. The van der Waals surface area contributed by atoms with Gasteiger partial charge in [0.05, 0.1) is 6.42 Å². The monoisotopic (exact) mass is 245 g/mol. The highest BCUT2D eigenvalue weighted by atomic mass is 19.4. The lowest BCUT2D eigenvalue weighted by Crippen LogP contribution is -2.30. The number of aryl methyl sites for hydroxylation is 2. The SMILES string of the molecule is Cc1ccc(C)c(CNC(C)CC(F)(F)F)c1. The Kier molecular flexibility index (Phi) is 4.57. The minimum absolute atomic E-state index is 0.477. The van der Waals surface area contributed by atoms with E-state index in [1.807, 2.05) is 32.0 Å². The predicted octanol–water partition coefficient (Wildman–Crippen LogP) is 3.73. The average molecular weight is 245 g/mol. The van der Waals surface area contributed by atoms with E-state index in [9.17, 15) is 13.2 Å². The summed E-state index contributed by atoms with van der Waals surface area (Å²) in [6.07, 6.45) is -4.90. The quantitative estimate of drug-likeness (QED) is 0.852. The molecule has 96 valence electrons. The van der Waals surface area contributed by atoms with Gasteiger partial charge < -0.3 is 5.32 Å². The van der Waals surface area contributed by atoms with Crippen LogP contribution < -0.4 is 5.32 Å². The Labute approximate surface area is 100 Å². The van der Waals surface area contributed by atoms with Crippen molar-refractivity contribution in [3.8, 4) is 0 Å². The van der Waals surface area contributed by atoms with Crippen molar-refractivity contribution in [2.24, 2.45) is 0 Å². The number of alkyl halides is 3. The second kappa shape index (κ2) is 5.54. The first kappa shape index (κ1) is 14.0. The van der Waals surface area contributed by atoms with Gasteiger partial charge >= 0.3 is 6.18 Å². The van der Waals surface area contributed by atoms with E-state index in [0.717, 1.165) is 16.7 Å². The van der Waals surface area contributed by atoms with Gasteiger partial charge in [0.25, 0.3) is 0 Å². The Hall–Kier alpha value is -1.03. The third kappa shape index (κ3) is 5.22. The van der Waals surface area contributed by atoms with Gasteiger partial charge in [-0.1, -0.05) is 23.8 Å². The van der Waals surface area contributed by atoms with Gasteiger partial charge in [-0.15, -0.1) is 0 Å². The summed E-state index contributed by atoms with van der Waals surface area (Å²) in [4.78, 5) is 0. The fraction of sp³-hybridized carbons (Fsp3) is 0.538. The Morgan fingerprint density at radius 3 is 2.47 bits per heavy atom. The summed E-state index contributed by atoms with van der Waals surface area (Å²) < 4.78 is 36.4. The maximum atomic E-state index is 12.1. The molecule has 0 aliphatic carbocycles. The van der Waals surface area contributed by atoms with Crippen LogP contribution in [0.15, 0.2) is 18.2 Å². The second-order valence-corrected chi connectivity index (χ2v) is 4.53. The van der Waals surface area contributed by atoms with Crippen molar-refractivity contribution in [1.82, 2.24) is 5.32 Å². The predicted molar refractivity (Wildman–Crippen MR) is 62.9 cm³/mol. The smallest absolute Gasteiger partial charge is 0.310 e. The summed E-state index contributed by atoms with van der Waals surface area (Å²) in [7, 11) is 0. The van der Waals surface area contributed by atoms with Gasteiger partial charge in [-0.05, 0) is 31.9 Å². The van der Waals surface area contributed by atoms with Crippen LogP contribution >= 0.6 is 0 Å². The molecule has 1 aromatic rings.